The minimum absolute atomic E-state index is 0.361. The Balaban J connectivity index is 2.49. The first-order chi connectivity index (χ1) is 8.13. The molecule has 1 atom stereocenters. The smallest absolute Gasteiger partial charge is 0.124 e. The molecule has 1 unspecified atom stereocenters. The predicted octanol–water partition coefficient (Wildman–Crippen LogP) is 1.85. The Bertz CT molecular complexity index is 525. The van der Waals surface area contributed by atoms with Crippen molar-refractivity contribution in [1.82, 2.24) is 15.6 Å². The average Bonchev–Trinajstić information content (AvgIpc) is 2.71. The van der Waals surface area contributed by atoms with Crippen molar-refractivity contribution in [3.05, 3.63) is 45.6 Å². The molecule has 2 rings (SSSR count). The average molecular weight is 272 g/mol. The highest BCUT2D eigenvalue weighted by Crippen LogP contribution is 2.31. The molecule has 6 N–H and O–H groups in total. The van der Waals surface area contributed by atoms with Crippen LogP contribution in [0.25, 0.3) is 0 Å². The lowest BCUT2D eigenvalue weighted by atomic mass is 10.0. The topological polar surface area (TPSA) is 92.7 Å². The molecule has 0 aliphatic heterocycles. The van der Waals surface area contributed by atoms with Gasteiger partial charge in [-0.25, -0.2) is 5.43 Å². The van der Waals surface area contributed by atoms with E-state index in [0.29, 0.717) is 15.9 Å². The standard InChI is InChI=1S/C10H11Cl2N5/c11-5-1-2-8(12)6(3-5)9(16-14)7-4-15-17-10(7)13/h1-4,9,16H,14H2,(H3,13,15,17). The minimum Gasteiger partial charge on any atom is -0.384 e. The number of nitrogens with zero attached hydrogens (tertiary/aromatic N) is 1. The number of aromatic nitrogens is 2. The van der Waals surface area contributed by atoms with Gasteiger partial charge >= 0.3 is 0 Å². The molecule has 2 aromatic rings. The number of aromatic amines is 1. The second-order valence-corrected chi connectivity index (χ2v) is 4.35. The van der Waals surface area contributed by atoms with E-state index in [-0.39, 0.29) is 6.04 Å². The summed E-state index contributed by atoms with van der Waals surface area (Å²) in [5, 5.41) is 7.62. The third-order valence-electron chi connectivity index (χ3n) is 2.45. The summed E-state index contributed by atoms with van der Waals surface area (Å²) in [6.07, 6.45) is 1.59. The third kappa shape index (κ3) is 2.37. The first-order valence-corrected chi connectivity index (χ1v) is 5.59. The van der Waals surface area contributed by atoms with Gasteiger partial charge in [0.2, 0.25) is 0 Å². The molecule has 0 spiro atoms. The van der Waals surface area contributed by atoms with E-state index in [1.807, 2.05) is 0 Å². The van der Waals surface area contributed by atoms with Crippen LogP contribution in [0.1, 0.15) is 17.2 Å². The summed E-state index contributed by atoms with van der Waals surface area (Å²) >= 11 is 12.1. The minimum atomic E-state index is -0.361. The highest BCUT2D eigenvalue weighted by Gasteiger charge is 2.19. The largest absolute Gasteiger partial charge is 0.384 e. The number of halogens is 2. The van der Waals surface area contributed by atoms with Crippen LogP contribution in [-0.4, -0.2) is 10.2 Å². The lowest BCUT2D eigenvalue weighted by Crippen LogP contribution is -2.29. The fourth-order valence-corrected chi connectivity index (χ4v) is 2.03. The van der Waals surface area contributed by atoms with Crippen LogP contribution in [-0.2, 0) is 0 Å². The molecular weight excluding hydrogens is 261 g/mol. The van der Waals surface area contributed by atoms with Crippen molar-refractivity contribution in [2.75, 3.05) is 5.73 Å². The first-order valence-electron chi connectivity index (χ1n) is 4.83. The number of anilines is 1. The van der Waals surface area contributed by atoms with Gasteiger partial charge in [0, 0.05) is 15.6 Å². The van der Waals surface area contributed by atoms with E-state index in [1.165, 1.54) is 0 Å². The summed E-state index contributed by atoms with van der Waals surface area (Å²) in [5.41, 5.74) is 9.86. The number of nitrogens with one attached hydrogen (secondary N) is 2. The molecule has 1 heterocycles. The van der Waals surface area contributed by atoms with E-state index < -0.39 is 0 Å². The summed E-state index contributed by atoms with van der Waals surface area (Å²) in [6, 6.07) is 4.79. The van der Waals surface area contributed by atoms with Gasteiger partial charge in [0.05, 0.1) is 12.2 Å². The maximum absolute atomic E-state index is 6.11. The Hall–Kier alpha value is -1.27. The quantitative estimate of drug-likeness (QED) is 0.506. The number of hydrogen-bond acceptors (Lipinski definition) is 4. The van der Waals surface area contributed by atoms with Crippen molar-refractivity contribution in [1.29, 1.82) is 0 Å². The predicted molar refractivity (Wildman–Crippen MR) is 68.6 cm³/mol. The van der Waals surface area contributed by atoms with Crippen molar-refractivity contribution in [2.45, 2.75) is 6.04 Å². The van der Waals surface area contributed by atoms with Crippen molar-refractivity contribution >= 4 is 29.0 Å². The van der Waals surface area contributed by atoms with Gasteiger partial charge in [-0.1, -0.05) is 23.2 Å². The van der Waals surface area contributed by atoms with Crippen LogP contribution in [0.4, 0.5) is 5.82 Å². The Labute approximate surface area is 108 Å². The van der Waals surface area contributed by atoms with Gasteiger partial charge < -0.3 is 5.73 Å². The Kier molecular flexibility index (Phi) is 3.54. The number of benzene rings is 1. The van der Waals surface area contributed by atoms with Gasteiger partial charge in [-0.05, 0) is 23.8 Å². The Morgan fingerprint density at radius 2 is 2.06 bits per heavy atom. The van der Waals surface area contributed by atoms with Crippen LogP contribution < -0.4 is 17.0 Å². The number of nitrogen functional groups attached to an aromatic ring is 1. The molecule has 0 bridgehead atoms. The fraction of sp³-hybridized carbons (Fsp3) is 0.100. The molecule has 90 valence electrons. The fourth-order valence-electron chi connectivity index (χ4n) is 1.62. The number of hydrogen-bond donors (Lipinski definition) is 4. The van der Waals surface area contributed by atoms with Crippen LogP contribution in [0.5, 0.6) is 0 Å². The summed E-state index contributed by atoms with van der Waals surface area (Å²) in [7, 11) is 0. The van der Waals surface area contributed by atoms with Crippen LogP contribution >= 0.6 is 23.2 Å². The molecule has 0 aliphatic carbocycles. The second kappa shape index (κ2) is 4.93. The molecule has 0 fully saturated rings. The van der Waals surface area contributed by atoms with Crippen LogP contribution in [0.15, 0.2) is 24.4 Å². The van der Waals surface area contributed by atoms with Gasteiger partial charge in [0.15, 0.2) is 0 Å². The Morgan fingerprint density at radius 1 is 1.29 bits per heavy atom. The van der Waals surface area contributed by atoms with Gasteiger partial charge in [-0.2, -0.15) is 5.10 Å². The molecular formula is C10H11Cl2N5. The Morgan fingerprint density at radius 3 is 2.65 bits per heavy atom. The molecule has 0 amide bonds. The number of nitrogens with two attached hydrogens (primary N) is 2. The molecule has 17 heavy (non-hydrogen) atoms. The molecule has 0 radical (unpaired) electrons. The van der Waals surface area contributed by atoms with Gasteiger partial charge in [0.25, 0.3) is 0 Å². The maximum atomic E-state index is 6.11. The van der Waals surface area contributed by atoms with Crippen LogP contribution in [0, 0.1) is 0 Å². The molecule has 1 aromatic carbocycles. The molecule has 0 saturated carbocycles. The highest BCUT2D eigenvalue weighted by molar-refractivity contribution is 6.33. The van der Waals surface area contributed by atoms with E-state index in [0.717, 1.165) is 11.1 Å². The monoisotopic (exact) mass is 271 g/mol. The number of H-pyrrole nitrogens is 1. The van der Waals surface area contributed by atoms with E-state index in [9.17, 15) is 0 Å². The first kappa shape index (κ1) is 12.2. The third-order valence-corrected chi connectivity index (χ3v) is 3.03. The molecule has 5 nitrogen and oxygen atoms in total. The van der Waals surface area contributed by atoms with Gasteiger partial charge in [-0.3, -0.25) is 10.9 Å². The van der Waals surface area contributed by atoms with E-state index in [4.69, 9.17) is 34.8 Å². The second-order valence-electron chi connectivity index (χ2n) is 3.50. The molecule has 7 heteroatoms. The maximum Gasteiger partial charge on any atom is 0.124 e. The lowest BCUT2D eigenvalue weighted by Gasteiger charge is -2.17. The van der Waals surface area contributed by atoms with Crippen LogP contribution in [0.3, 0.4) is 0 Å². The van der Waals surface area contributed by atoms with Crippen molar-refractivity contribution < 1.29 is 0 Å². The van der Waals surface area contributed by atoms with E-state index >= 15 is 0 Å². The number of rotatable bonds is 3. The summed E-state index contributed by atoms with van der Waals surface area (Å²) in [5.74, 6) is 5.97. The van der Waals surface area contributed by atoms with Crippen molar-refractivity contribution in [2.24, 2.45) is 5.84 Å². The zero-order valence-electron chi connectivity index (χ0n) is 8.74. The summed E-state index contributed by atoms with van der Waals surface area (Å²) in [4.78, 5) is 0. The zero-order chi connectivity index (χ0) is 12.4. The van der Waals surface area contributed by atoms with Crippen molar-refractivity contribution in [3.63, 3.8) is 0 Å². The van der Waals surface area contributed by atoms with E-state index in [1.54, 1.807) is 24.4 Å². The molecule has 0 saturated heterocycles. The summed E-state index contributed by atoms with van der Waals surface area (Å²) in [6.45, 7) is 0. The molecule has 0 aliphatic rings. The molecule has 1 aromatic heterocycles. The van der Waals surface area contributed by atoms with E-state index in [2.05, 4.69) is 15.6 Å². The van der Waals surface area contributed by atoms with Gasteiger partial charge in [0.1, 0.15) is 5.82 Å². The SMILES string of the molecule is NNC(c1cc(Cl)ccc1Cl)c1cn[nH]c1N. The zero-order valence-corrected chi connectivity index (χ0v) is 10.3. The number of hydrazine groups is 1. The summed E-state index contributed by atoms with van der Waals surface area (Å²) < 4.78 is 0. The van der Waals surface area contributed by atoms with Gasteiger partial charge in [-0.15, -0.1) is 0 Å². The van der Waals surface area contributed by atoms with Crippen LogP contribution in [0.2, 0.25) is 10.0 Å². The highest BCUT2D eigenvalue weighted by atomic mass is 35.5. The van der Waals surface area contributed by atoms with Crippen molar-refractivity contribution in [3.8, 4) is 0 Å². The lowest BCUT2D eigenvalue weighted by molar-refractivity contribution is 0.639. The normalized spacial score (nSPS) is 12.6.